The summed E-state index contributed by atoms with van der Waals surface area (Å²) in [5, 5.41) is 9.39. The number of carbonyl (C=O) groups excluding carboxylic acids is 3. The Morgan fingerprint density at radius 3 is 2.12 bits per heavy atom. The van der Waals surface area contributed by atoms with Crippen molar-refractivity contribution in [3.05, 3.63) is 28.8 Å². The standard InChI is InChI=1S/C18H21NO7/c1-6-23-15(20)11-8-12(16(21)24-7-2)13(10-19)14(9-11)25-17(22)26-18(3,4)5/h8-9H,6-7H2,1-5H3. The van der Waals surface area contributed by atoms with Gasteiger partial charge >= 0.3 is 18.1 Å². The van der Waals surface area contributed by atoms with Crippen LogP contribution in [0.1, 0.15) is 60.9 Å². The predicted octanol–water partition coefficient (Wildman–Crippen LogP) is 3.23. The van der Waals surface area contributed by atoms with E-state index in [9.17, 15) is 19.6 Å². The summed E-state index contributed by atoms with van der Waals surface area (Å²) < 4.78 is 19.9. The van der Waals surface area contributed by atoms with Gasteiger partial charge in [0.2, 0.25) is 0 Å². The number of nitrogens with zero attached hydrogens (tertiary/aromatic N) is 1. The zero-order valence-electron chi connectivity index (χ0n) is 15.4. The molecule has 0 saturated heterocycles. The largest absolute Gasteiger partial charge is 0.514 e. The van der Waals surface area contributed by atoms with Crippen LogP contribution in [0.3, 0.4) is 0 Å². The number of ether oxygens (including phenoxy) is 4. The highest BCUT2D eigenvalue weighted by Crippen LogP contribution is 2.27. The topological polar surface area (TPSA) is 112 Å². The van der Waals surface area contributed by atoms with Crippen molar-refractivity contribution in [3.63, 3.8) is 0 Å². The van der Waals surface area contributed by atoms with Gasteiger partial charge in [-0.2, -0.15) is 5.26 Å². The van der Waals surface area contributed by atoms with Gasteiger partial charge in [0.05, 0.1) is 24.3 Å². The number of hydrogen-bond donors (Lipinski definition) is 0. The van der Waals surface area contributed by atoms with Gasteiger partial charge in [0.15, 0.2) is 5.75 Å². The zero-order valence-corrected chi connectivity index (χ0v) is 15.4. The summed E-state index contributed by atoms with van der Waals surface area (Å²) in [4.78, 5) is 36.1. The van der Waals surface area contributed by atoms with Crippen LogP contribution in [0.4, 0.5) is 4.79 Å². The molecule has 0 radical (unpaired) electrons. The Balaban J connectivity index is 3.41. The number of benzene rings is 1. The Morgan fingerprint density at radius 2 is 1.62 bits per heavy atom. The minimum atomic E-state index is -1.08. The van der Waals surface area contributed by atoms with E-state index in [0.29, 0.717) is 0 Å². The lowest BCUT2D eigenvalue weighted by atomic mass is 10.0. The van der Waals surface area contributed by atoms with E-state index in [1.165, 1.54) is 0 Å². The summed E-state index contributed by atoms with van der Waals surface area (Å²) in [7, 11) is 0. The average molecular weight is 363 g/mol. The van der Waals surface area contributed by atoms with E-state index in [1.807, 2.05) is 0 Å². The third-order valence-electron chi connectivity index (χ3n) is 2.80. The predicted molar refractivity (Wildman–Crippen MR) is 89.9 cm³/mol. The van der Waals surface area contributed by atoms with E-state index in [2.05, 4.69) is 0 Å². The maximum atomic E-state index is 12.1. The van der Waals surface area contributed by atoms with Gasteiger partial charge in [0.25, 0.3) is 0 Å². The maximum Gasteiger partial charge on any atom is 0.514 e. The molecule has 0 aliphatic carbocycles. The second-order valence-electron chi connectivity index (χ2n) is 6.02. The van der Waals surface area contributed by atoms with Crippen LogP contribution in [0, 0.1) is 11.3 Å². The highest BCUT2D eigenvalue weighted by molar-refractivity contribution is 5.98. The number of carbonyl (C=O) groups is 3. The minimum absolute atomic E-state index is 0.0625. The van der Waals surface area contributed by atoms with E-state index in [1.54, 1.807) is 40.7 Å². The number of rotatable bonds is 5. The molecular weight excluding hydrogens is 342 g/mol. The molecule has 0 heterocycles. The molecule has 0 bridgehead atoms. The van der Waals surface area contributed by atoms with E-state index in [-0.39, 0.29) is 35.7 Å². The van der Waals surface area contributed by atoms with Crippen LogP contribution in [-0.4, -0.2) is 36.9 Å². The highest BCUT2D eigenvalue weighted by Gasteiger charge is 2.25. The van der Waals surface area contributed by atoms with Crippen molar-refractivity contribution in [2.45, 2.75) is 40.2 Å². The summed E-state index contributed by atoms with van der Waals surface area (Å²) in [5.41, 5.74) is -1.35. The van der Waals surface area contributed by atoms with Crippen LogP contribution in [0.25, 0.3) is 0 Å². The minimum Gasteiger partial charge on any atom is -0.462 e. The molecule has 0 N–H and O–H groups in total. The van der Waals surface area contributed by atoms with Gasteiger partial charge in [0, 0.05) is 0 Å². The molecule has 0 saturated carbocycles. The lowest BCUT2D eigenvalue weighted by molar-refractivity contribution is 0.0202. The van der Waals surface area contributed by atoms with Gasteiger partial charge in [-0.05, 0) is 46.8 Å². The molecule has 8 nitrogen and oxygen atoms in total. The summed E-state index contributed by atoms with van der Waals surface area (Å²) in [6.07, 6.45) is -1.08. The lowest BCUT2D eigenvalue weighted by Gasteiger charge is -2.19. The third-order valence-corrected chi connectivity index (χ3v) is 2.80. The summed E-state index contributed by atoms with van der Waals surface area (Å²) in [5.74, 6) is -1.86. The second-order valence-corrected chi connectivity index (χ2v) is 6.02. The third kappa shape index (κ3) is 5.77. The fourth-order valence-corrected chi connectivity index (χ4v) is 1.87. The molecule has 0 aliphatic heterocycles. The van der Waals surface area contributed by atoms with Gasteiger partial charge in [0.1, 0.15) is 17.2 Å². The first-order chi connectivity index (χ1) is 12.1. The van der Waals surface area contributed by atoms with Crippen molar-refractivity contribution < 1.29 is 33.3 Å². The van der Waals surface area contributed by atoms with Crippen LogP contribution in [0.2, 0.25) is 0 Å². The summed E-state index contributed by atoms with van der Waals surface area (Å²) in [6.45, 7) is 8.30. The molecule has 0 aliphatic rings. The molecular formula is C18H21NO7. The Hall–Kier alpha value is -3.08. The van der Waals surface area contributed by atoms with E-state index < -0.39 is 23.7 Å². The molecule has 0 spiro atoms. The van der Waals surface area contributed by atoms with Crippen LogP contribution < -0.4 is 4.74 Å². The van der Waals surface area contributed by atoms with Gasteiger partial charge in [-0.25, -0.2) is 14.4 Å². The quantitative estimate of drug-likeness (QED) is 0.445. The molecule has 0 aromatic heterocycles. The van der Waals surface area contributed by atoms with E-state index in [0.717, 1.165) is 12.1 Å². The number of hydrogen-bond acceptors (Lipinski definition) is 8. The lowest BCUT2D eigenvalue weighted by Crippen LogP contribution is -2.26. The fraction of sp³-hybridized carbons (Fsp3) is 0.444. The SMILES string of the molecule is CCOC(=O)c1cc(OC(=O)OC(C)(C)C)c(C#N)c(C(=O)OCC)c1. The fourth-order valence-electron chi connectivity index (χ4n) is 1.87. The molecule has 1 aromatic carbocycles. The van der Waals surface area contributed by atoms with Crippen molar-refractivity contribution >= 4 is 18.1 Å². The molecule has 140 valence electrons. The molecule has 0 atom stereocenters. The molecule has 0 unspecified atom stereocenters. The van der Waals surface area contributed by atoms with Gasteiger partial charge < -0.3 is 18.9 Å². The molecule has 0 amide bonds. The molecule has 26 heavy (non-hydrogen) atoms. The van der Waals surface area contributed by atoms with E-state index in [4.69, 9.17) is 18.9 Å². The normalized spacial score (nSPS) is 10.5. The monoisotopic (exact) mass is 363 g/mol. The summed E-state index contributed by atoms with van der Waals surface area (Å²) in [6, 6.07) is 4.09. The zero-order chi connectivity index (χ0) is 19.9. The van der Waals surface area contributed by atoms with Crippen LogP contribution in [0.15, 0.2) is 12.1 Å². The maximum absolute atomic E-state index is 12.1. The van der Waals surface area contributed by atoms with Crippen LogP contribution in [0.5, 0.6) is 5.75 Å². The smallest absolute Gasteiger partial charge is 0.462 e. The first kappa shape index (κ1) is 21.0. The first-order valence-corrected chi connectivity index (χ1v) is 7.96. The molecule has 8 heteroatoms. The van der Waals surface area contributed by atoms with Crippen molar-refractivity contribution in [1.29, 1.82) is 5.26 Å². The number of nitriles is 1. The number of esters is 2. The van der Waals surface area contributed by atoms with Gasteiger partial charge in [-0.1, -0.05) is 0 Å². The van der Waals surface area contributed by atoms with Crippen LogP contribution in [-0.2, 0) is 14.2 Å². The van der Waals surface area contributed by atoms with Crippen molar-refractivity contribution in [2.24, 2.45) is 0 Å². The van der Waals surface area contributed by atoms with Gasteiger partial charge in [-0.15, -0.1) is 0 Å². The summed E-state index contributed by atoms with van der Waals surface area (Å²) >= 11 is 0. The van der Waals surface area contributed by atoms with Crippen molar-refractivity contribution in [3.8, 4) is 11.8 Å². The second kappa shape index (κ2) is 8.85. The Bertz CT molecular complexity index is 741. The van der Waals surface area contributed by atoms with Gasteiger partial charge in [-0.3, -0.25) is 0 Å². The first-order valence-electron chi connectivity index (χ1n) is 7.96. The molecule has 1 rings (SSSR count). The van der Waals surface area contributed by atoms with Crippen molar-refractivity contribution in [2.75, 3.05) is 13.2 Å². The Morgan fingerprint density at radius 1 is 1.04 bits per heavy atom. The Kier molecular flexibility index (Phi) is 7.14. The van der Waals surface area contributed by atoms with Crippen molar-refractivity contribution in [1.82, 2.24) is 0 Å². The van der Waals surface area contributed by atoms with Crippen LogP contribution >= 0.6 is 0 Å². The Labute approximate surface area is 151 Å². The molecule has 1 aromatic rings. The highest BCUT2D eigenvalue weighted by atomic mass is 16.7. The molecule has 0 fully saturated rings. The van der Waals surface area contributed by atoms with E-state index >= 15 is 0 Å². The average Bonchev–Trinajstić information content (AvgIpc) is 2.52.